The highest BCUT2D eigenvalue weighted by Crippen LogP contribution is 2.35. The number of hydrogen-bond acceptors (Lipinski definition) is 2. The van der Waals surface area contributed by atoms with Gasteiger partial charge in [0.25, 0.3) is 0 Å². The lowest BCUT2D eigenvalue weighted by Crippen LogP contribution is -1.84. The maximum Gasteiger partial charge on any atom is 0.133 e. The Labute approximate surface area is 88.2 Å². The Morgan fingerprint density at radius 3 is 3.00 bits per heavy atom. The molecule has 0 atom stereocenters. The van der Waals surface area contributed by atoms with Gasteiger partial charge < -0.3 is 4.74 Å². The molecule has 68 valence electrons. The summed E-state index contributed by atoms with van der Waals surface area (Å²) in [4.78, 5) is 0. The van der Waals surface area contributed by atoms with E-state index < -0.39 is 0 Å². The fourth-order valence-electron chi connectivity index (χ4n) is 1.17. The fraction of sp³-hybridized carbons (Fsp3) is 0.125. The number of benzene rings is 1. The van der Waals surface area contributed by atoms with E-state index >= 15 is 0 Å². The lowest BCUT2D eigenvalue weighted by Gasteiger charge is -2.02. The monoisotopic (exact) mass is 260 g/mol. The van der Waals surface area contributed by atoms with Crippen molar-refractivity contribution < 1.29 is 4.74 Å². The van der Waals surface area contributed by atoms with E-state index in [0.29, 0.717) is 5.15 Å². The summed E-state index contributed by atoms with van der Waals surface area (Å²) < 4.78 is 5.96. The number of H-pyrrole nitrogens is 1. The number of nitrogens with one attached hydrogen (secondary N) is 1. The van der Waals surface area contributed by atoms with Gasteiger partial charge in [0.1, 0.15) is 10.9 Å². The average molecular weight is 262 g/mol. The number of hydrogen-bond donors (Lipinski definition) is 1. The van der Waals surface area contributed by atoms with Crippen molar-refractivity contribution in [3.8, 4) is 5.75 Å². The number of nitrogens with zero attached hydrogens (tertiary/aromatic N) is 1. The Bertz CT molecular complexity index is 455. The van der Waals surface area contributed by atoms with Crippen molar-refractivity contribution in [3.05, 3.63) is 21.8 Å². The molecule has 0 aliphatic carbocycles. The third-order valence-electron chi connectivity index (χ3n) is 1.80. The first-order chi connectivity index (χ1) is 6.24. The van der Waals surface area contributed by atoms with Crippen LogP contribution >= 0.6 is 27.5 Å². The van der Waals surface area contributed by atoms with Crippen LogP contribution in [-0.4, -0.2) is 17.3 Å². The molecular formula is C8H6BrClN2O. The summed E-state index contributed by atoms with van der Waals surface area (Å²) in [5.74, 6) is 0.746. The van der Waals surface area contributed by atoms with E-state index in [1.165, 1.54) is 0 Å². The van der Waals surface area contributed by atoms with Crippen molar-refractivity contribution in [2.24, 2.45) is 0 Å². The van der Waals surface area contributed by atoms with Gasteiger partial charge in [0.05, 0.1) is 22.5 Å². The normalized spacial score (nSPS) is 10.7. The second-order valence-electron chi connectivity index (χ2n) is 2.51. The molecule has 2 rings (SSSR count). The molecule has 0 amide bonds. The van der Waals surface area contributed by atoms with Crippen molar-refractivity contribution in [2.75, 3.05) is 7.11 Å². The van der Waals surface area contributed by atoms with Crippen LogP contribution in [0.3, 0.4) is 0 Å². The highest BCUT2D eigenvalue weighted by molar-refractivity contribution is 9.10. The first kappa shape index (κ1) is 8.84. The van der Waals surface area contributed by atoms with Crippen LogP contribution in [0.25, 0.3) is 10.9 Å². The molecule has 0 saturated carbocycles. The first-order valence-corrected chi connectivity index (χ1v) is 4.77. The molecule has 0 bridgehead atoms. The maximum absolute atomic E-state index is 5.90. The van der Waals surface area contributed by atoms with Crippen molar-refractivity contribution in [1.82, 2.24) is 10.2 Å². The van der Waals surface area contributed by atoms with Gasteiger partial charge >= 0.3 is 0 Å². The van der Waals surface area contributed by atoms with Gasteiger partial charge in [-0.15, -0.1) is 0 Å². The first-order valence-electron chi connectivity index (χ1n) is 3.60. The third-order valence-corrected chi connectivity index (χ3v) is 2.86. The number of methoxy groups -OCH3 is 1. The zero-order valence-corrected chi connectivity index (χ0v) is 9.11. The van der Waals surface area contributed by atoms with Crippen LogP contribution in [0.4, 0.5) is 0 Å². The molecule has 5 heteroatoms. The van der Waals surface area contributed by atoms with Gasteiger partial charge in [0, 0.05) is 0 Å². The Morgan fingerprint density at radius 2 is 2.31 bits per heavy atom. The molecule has 1 aromatic carbocycles. The largest absolute Gasteiger partial charge is 0.496 e. The second kappa shape index (κ2) is 3.20. The van der Waals surface area contributed by atoms with Crippen LogP contribution in [0.5, 0.6) is 5.75 Å². The van der Waals surface area contributed by atoms with Crippen molar-refractivity contribution >= 4 is 38.4 Å². The fourth-order valence-corrected chi connectivity index (χ4v) is 2.21. The summed E-state index contributed by atoms with van der Waals surface area (Å²) in [6, 6.07) is 3.69. The molecule has 3 nitrogen and oxygen atoms in total. The number of ether oxygens (including phenoxy) is 1. The molecule has 1 N–H and O–H groups in total. The van der Waals surface area contributed by atoms with E-state index in [4.69, 9.17) is 16.3 Å². The lowest BCUT2D eigenvalue weighted by molar-refractivity contribution is 0.413. The average Bonchev–Trinajstić information content (AvgIpc) is 2.49. The van der Waals surface area contributed by atoms with Gasteiger partial charge in [-0.2, -0.15) is 5.10 Å². The summed E-state index contributed by atoms with van der Waals surface area (Å²) in [6.45, 7) is 0. The molecule has 13 heavy (non-hydrogen) atoms. The van der Waals surface area contributed by atoms with Crippen molar-refractivity contribution in [3.63, 3.8) is 0 Å². The molecule has 0 aliphatic heterocycles. The molecule has 0 saturated heterocycles. The highest BCUT2D eigenvalue weighted by atomic mass is 79.9. The molecule has 1 heterocycles. The second-order valence-corrected chi connectivity index (χ2v) is 3.68. The van der Waals surface area contributed by atoms with Gasteiger partial charge in [0.15, 0.2) is 0 Å². The minimum absolute atomic E-state index is 0.515. The molecule has 0 radical (unpaired) electrons. The predicted octanol–water partition coefficient (Wildman–Crippen LogP) is 2.99. The Hall–Kier alpha value is -0.740. The summed E-state index contributed by atoms with van der Waals surface area (Å²) in [5.41, 5.74) is 0.817. The Balaban J connectivity index is 2.83. The molecule has 0 aliphatic rings. The number of aromatic amines is 1. The Kier molecular flexibility index (Phi) is 2.17. The van der Waals surface area contributed by atoms with E-state index in [9.17, 15) is 0 Å². The van der Waals surface area contributed by atoms with Crippen LogP contribution < -0.4 is 4.74 Å². The van der Waals surface area contributed by atoms with Crippen molar-refractivity contribution in [1.29, 1.82) is 0 Å². The van der Waals surface area contributed by atoms with E-state index in [2.05, 4.69) is 26.1 Å². The van der Waals surface area contributed by atoms with E-state index in [-0.39, 0.29) is 0 Å². The van der Waals surface area contributed by atoms with Crippen LogP contribution in [0.2, 0.25) is 5.15 Å². The zero-order chi connectivity index (χ0) is 9.42. The summed E-state index contributed by atoms with van der Waals surface area (Å²) in [6.07, 6.45) is 0. The quantitative estimate of drug-likeness (QED) is 0.857. The smallest absolute Gasteiger partial charge is 0.133 e. The molecule has 2 aromatic rings. The number of rotatable bonds is 1. The van der Waals surface area contributed by atoms with Crippen LogP contribution in [-0.2, 0) is 0 Å². The van der Waals surface area contributed by atoms with Gasteiger partial charge in [-0.3, -0.25) is 5.10 Å². The summed E-state index contributed by atoms with van der Waals surface area (Å²) in [7, 11) is 1.61. The Morgan fingerprint density at radius 1 is 1.54 bits per heavy atom. The molecule has 1 aromatic heterocycles. The van der Waals surface area contributed by atoms with E-state index in [1.54, 1.807) is 7.11 Å². The lowest BCUT2D eigenvalue weighted by atomic mass is 10.2. The number of halogens is 2. The van der Waals surface area contributed by atoms with Gasteiger partial charge in [-0.05, 0) is 28.1 Å². The molecule has 0 unspecified atom stereocenters. The van der Waals surface area contributed by atoms with Crippen LogP contribution in [0.15, 0.2) is 16.6 Å². The number of fused-ring (bicyclic) bond motifs is 1. The topological polar surface area (TPSA) is 37.9 Å². The molecular weight excluding hydrogens is 255 g/mol. The standard InChI is InChI=1S/C8H6BrClN2O/c1-13-5-3-2-4-6(7(5)9)8(10)12-11-4/h2-3H,1H3,(H,11,12). The van der Waals surface area contributed by atoms with Crippen LogP contribution in [0, 0.1) is 0 Å². The van der Waals surface area contributed by atoms with Crippen molar-refractivity contribution in [2.45, 2.75) is 0 Å². The minimum atomic E-state index is 0.515. The maximum atomic E-state index is 5.90. The third kappa shape index (κ3) is 1.30. The summed E-state index contributed by atoms with van der Waals surface area (Å²) >= 11 is 9.31. The predicted molar refractivity (Wildman–Crippen MR) is 55.4 cm³/mol. The molecule has 0 fully saturated rings. The van der Waals surface area contributed by atoms with E-state index in [0.717, 1.165) is 21.1 Å². The summed E-state index contributed by atoms with van der Waals surface area (Å²) in [5, 5.41) is 8.07. The van der Waals surface area contributed by atoms with E-state index in [1.807, 2.05) is 12.1 Å². The highest BCUT2D eigenvalue weighted by Gasteiger charge is 2.10. The minimum Gasteiger partial charge on any atom is -0.496 e. The molecule has 0 spiro atoms. The van der Waals surface area contributed by atoms with Crippen LogP contribution in [0.1, 0.15) is 0 Å². The van der Waals surface area contributed by atoms with Gasteiger partial charge in [-0.25, -0.2) is 0 Å². The van der Waals surface area contributed by atoms with Gasteiger partial charge in [-0.1, -0.05) is 11.6 Å². The zero-order valence-electron chi connectivity index (χ0n) is 6.77. The SMILES string of the molecule is COc1ccc2n[nH]c(Cl)c2c1Br. The number of aromatic nitrogens is 2. The van der Waals surface area contributed by atoms with Gasteiger partial charge in [0.2, 0.25) is 0 Å².